The molecular weight excluding hydrogens is 317 g/mol. The fraction of sp³-hybridized carbons (Fsp3) is 0.350. The van der Waals surface area contributed by atoms with Gasteiger partial charge in [0, 0.05) is 38.4 Å². The summed E-state index contributed by atoms with van der Waals surface area (Å²) < 4.78 is 12.9. The maximum Gasteiger partial charge on any atom is 0.228 e. The van der Waals surface area contributed by atoms with Crippen LogP contribution >= 0.6 is 0 Å². The first-order chi connectivity index (χ1) is 12.1. The third kappa shape index (κ3) is 5.37. The Morgan fingerprint density at radius 2 is 1.56 bits per heavy atom. The summed E-state index contributed by atoms with van der Waals surface area (Å²) in [7, 11) is 2.15. The summed E-state index contributed by atoms with van der Waals surface area (Å²) in [5.74, 6) is -0.390. The van der Waals surface area contributed by atoms with Crippen molar-refractivity contribution in [3.8, 4) is 0 Å². The molecular formula is C20H24FN3O. The van der Waals surface area contributed by atoms with Gasteiger partial charge in [0.05, 0.1) is 6.42 Å². The summed E-state index contributed by atoms with van der Waals surface area (Å²) in [6, 6.07) is 14.0. The van der Waals surface area contributed by atoms with Crippen LogP contribution in [0.5, 0.6) is 0 Å². The normalized spacial score (nSPS) is 15.9. The van der Waals surface area contributed by atoms with Crippen molar-refractivity contribution in [3.05, 3.63) is 65.5 Å². The Morgan fingerprint density at radius 3 is 2.20 bits per heavy atom. The number of rotatable bonds is 5. The van der Waals surface area contributed by atoms with E-state index in [0.29, 0.717) is 0 Å². The highest BCUT2D eigenvalue weighted by molar-refractivity contribution is 5.92. The number of anilines is 1. The van der Waals surface area contributed by atoms with Crippen molar-refractivity contribution in [2.45, 2.75) is 13.0 Å². The van der Waals surface area contributed by atoms with E-state index in [0.717, 1.165) is 44.0 Å². The van der Waals surface area contributed by atoms with Gasteiger partial charge in [0.25, 0.3) is 0 Å². The number of likely N-dealkylation sites (N-methyl/N-ethyl adjacent to an activating group) is 1. The van der Waals surface area contributed by atoms with Gasteiger partial charge in [0.2, 0.25) is 5.91 Å². The average Bonchev–Trinajstić information content (AvgIpc) is 2.61. The lowest BCUT2D eigenvalue weighted by atomic mass is 10.1. The Labute approximate surface area is 148 Å². The largest absolute Gasteiger partial charge is 0.326 e. The van der Waals surface area contributed by atoms with Gasteiger partial charge in [-0.05, 0) is 42.4 Å². The number of halogens is 1. The van der Waals surface area contributed by atoms with Crippen LogP contribution < -0.4 is 5.32 Å². The highest BCUT2D eigenvalue weighted by Crippen LogP contribution is 2.13. The number of carbonyl (C=O) groups excluding carboxylic acids is 1. The molecule has 2 aromatic rings. The van der Waals surface area contributed by atoms with Crippen LogP contribution in [0.3, 0.4) is 0 Å². The van der Waals surface area contributed by atoms with Crippen molar-refractivity contribution in [2.24, 2.45) is 0 Å². The first-order valence-electron chi connectivity index (χ1n) is 8.62. The lowest BCUT2D eigenvalue weighted by Gasteiger charge is -2.32. The molecule has 0 spiro atoms. The molecule has 25 heavy (non-hydrogen) atoms. The summed E-state index contributed by atoms with van der Waals surface area (Å²) in [6.45, 7) is 5.34. The fourth-order valence-corrected chi connectivity index (χ4v) is 2.95. The highest BCUT2D eigenvalue weighted by Gasteiger charge is 2.13. The number of carbonyl (C=O) groups is 1. The zero-order chi connectivity index (χ0) is 17.6. The van der Waals surface area contributed by atoms with E-state index in [1.165, 1.54) is 17.7 Å². The summed E-state index contributed by atoms with van der Waals surface area (Å²) in [6.07, 6.45) is 0.239. The van der Waals surface area contributed by atoms with Gasteiger partial charge in [-0.15, -0.1) is 0 Å². The first kappa shape index (κ1) is 17.6. The predicted molar refractivity (Wildman–Crippen MR) is 97.9 cm³/mol. The molecule has 2 aromatic carbocycles. The predicted octanol–water partition coefficient (Wildman–Crippen LogP) is 2.75. The van der Waals surface area contributed by atoms with E-state index in [1.54, 1.807) is 12.1 Å². The number of nitrogens with zero attached hydrogens (tertiary/aromatic N) is 2. The molecule has 0 atom stereocenters. The summed E-state index contributed by atoms with van der Waals surface area (Å²) in [5.41, 5.74) is 2.83. The van der Waals surface area contributed by atoms with Crippen molar-refractivity contribution in [2.75, 3.05) is 38.5 Å². The second-order valence-corrected chi connectivity index (χ2v) is 6.63. The Bertz CT molecular complexity index is 692. The molecule has 0 unspecified atom stereocenters. The van der Waals surface area contributed by atoms with E-state index < -0.39 is 0 Å². The SMILES string of the molecule is CN1CCN(Cc2ccc(NC(=O)Cc3ccc(F)cc3)cc2)CC1. The van der Waals surface area contributed by atoms with Gasteiger partial charge in [0.15, 0.2) is 0 Å². The van der Waals surface area contributed by atoms with Crippen molar-refractivity contribution >= 4 is 11.6 Å². The maximum atomic E-state index is 12.9. The topological polar surface area (TPSA) is 35.6 Å². The quantitative estimate of drug-likeness (QED) is 0.908. The van der Waals surface area contributed by atoms with Gasteiger partial charge >= 0.3 is 0 Å². The van der Waals surface area contributed by atoms with Crippen molar-refractivity contribution in [3.63, 3.8) is 0 Å². The van der Waals surface area contributed by atoms with Crippen LogP contribution in [0.2, 0.25) is 0 Å². The smallest absolute Gasteiger partial charge is 0.228 e. The zero-order valence-corrected chi connectivity index (χ0v) is 14.5. The second-order valence-electron chi connectivity index (χ2n) is 6.63. The van der Waals surface area contributed by atoms with Gasteiger partial charge in [-0.3, -0.25) is 9.69 Å². The van der Waals surface area contributed by atoms with Crippen LogP contribution in [0.25, 0.3) is 0 Å². The molecule has 132 valence electrons. The third-order valence-electron chi connectivity index (χ3n) is 4.52. The van der Waals surface area contributed by atoms with Gasteiger partial charge < -0.3 is 10.2 Å². The summed E-state index contributed by atoms with van der Waals surface area (Å²) >= 11 is 0. The van der Waals surface area contributed by atoms with E-state index in [-0.39, 0.29) is 18.1 Å². The van der Waals surface area contributed by atoms with Gasteiger partial charge in [-0.1, -0.05) is 24.3 Å². The summed E-state index contributed by atoms with van der Waals surface area (Å²) in [4.78, 5) is 16.9. The number of nitrogens with one attached hydrogen (secondary N) is 1. The number of hydrogen-bond acceptors (Lipinski definition) is 3. The molecule has 1 N–H and O–H groups in total. The Kier molecular flexibility index (Phi) is 5.79. The van der Waals surface area contributed by atoms with Crippen LogP contribution in [0, 0.1) is 5.82 Å². The van der Waals surface area contributed by atoms with E-state index >= 15 is 0 Å². The molecule has 0 aliphatic carbocycles. The van der Waals surface area contributed by atoms with Crippen LogP contribution in [0.1, 0.15) is 11.1 Å². The van der Waals surface area contributed by atoms with Crippen LogP contribution in [-0.2, 0) is 17.8 Å². The van der Waals surface area contributed by atoms with E-state index in [9.17, 15) is 9.18 Å². The maximum absolute atomic E-state index is 12.9. The standard InChI is InChI=1S/C20H24FN3O/c1-23-10-12-24(13-11-23)15-17-4-8-19(9-5-17)22-20(25)14-16-2-6-18(21)7-3-16/h2-9H,10-15H2,1H3,(H,22,25). The van der Waals surface area contributed by atoms with Crippen molar-refractivity contribution in [1.82, 2.24) is 9.80 Å². The van der Waals surface area contributed by atoms with Crippen LogP contribution in [-0.4, -0.2) is 48.9 Å². The molecule has 1 aliphatic heterocycles. The molecule has 0 bridgehead atoms. The second kappa shape index (κ2) is 8.23. The van der Waals surface area contributed by atoms with Gasteiger partial charge in [-0.2, -0.15) is 0 Å². The molecule has 4 nitrogen and oxygen atoms in total. The molecule has 1 amide bonds. The highest BCUT2D eigenvalue weighted by atomic mass is 19.1. The first-order valence-corrected chi connectivity index (χ1v) is 8.62. The molecule has 1 saturated heterocycles. The molecule has 3 rings (SSSR count). The van der Waals surface area contributed by atoms with E-state index in [4.69, 9.17) is 0 Å². The van der Waals surface area contributed by atoms with Gasteiger partial charge in [0.1, 0.15) is 5.82 Å². The molecule has 1 heterocycles. The van der Waals surface area contributed by atoms with Crippen LogP contribution in [0.4, 0.5) is 10.1 Å². The van der Waals surface area contributed by atoms with Gasteiger partial charge in [-0.25, -0.2) is 4.39 Å². The number of piperazine rings is 1. The van der Waals surface area contributed by atoms with Crippen molar-refractivity contribution < 1.29 is 9.18 Å². The monoisotopic (exact) mass is 341 g/mol. The summed E-state index contributed by atoms with van der Waals surface area (Å²) in [5, 5.41) is 2.89. The number of amides is 1. The molecule has 0 radical (unpaired) electrons. The van der Waals surface area contributed by atoms with Crippen molar-refractivity contribution in [1.29, 1.82) is 0 Å². The number of hydrogen-bond donors (Lipinski definition) is 1. The minimum Gasteiger partial charge on any atom is -0.326 e. The molecule has 1 aliphatic rings. The third-order valence-corrected chi connectivity index (χ3v) is 4.52. The minimum absolute atomic E-state index is 0.0987. The fourth-order valence-electron chi connectivity index (χ4n) is 2.95. The molecule has 1 fully saturated rings. The molecule has 5 heteroatoms. The van der Waals surface area contributed by atoms with E-state index in [1.807, 2.05) is 12.1 Å². The Hall–Kier alpha value is -2.24. The Balaban J connectivity index is 1.50. The molecule has 0 aromatic heterocycles. The molecule has 0 saturated carbocycles. The zero-order valence-electron chi connectivity index (χ0n) is 14.5. The lowest BCUT2D eigenvalue weighted by molar-refractivity contribution is -0.115. The minimum atomic E-state index is -0.292. The average molecular weight is 341 g/mol. The van der Waals surface area contributed by atoms with E-state index in [2.05, 4.69) is 34.3 Å². The van der Waals surface area contributed by atoms with Crippen LogP contribution in [0.15, 0.2) is 48.5 Å². The lowest BCUT2D eigenvalue weighted by Crippen LogP contribution is -2.43. The number of benzene rings is 2. The Morgan fingerprint density at radius 1 is 0.960 bits per heavy atom.